The van der Waals surface area contributed by atoms with Gasteiger partial charge >= 0.3 is 0 Å². The largest absolute Gasteiger partial charge is 0.507 e. The van der Waals surface area contributed by atoms with E-state index in [9.17, 15) is 9.90 Å². The highest BCUT2D eigenvalue weighted by Crippen LogP contribution is 2.33. The van der Waals surface area contributed by atoms with Crippen molar-refractivity contribution >= 4 is 40.0 Å². The molecule has 0 bridgehead atoms. The minimum Gasteiger partial charge on any atom is -0.507 e. The molecule has 3 N–H and O–H groups in total. The number of hydrogen-bond acceptors (Lipinski definition) is 5. The van der Waals surface area contributed by atoms with Gasteiger partial charge in [-0.15, -0.1) is 0 Å². The number of phenols is 1. The number of rotatable bonds is 5. The van der Waals surface area contributed by atoms with E-state index in [0.29, 0.717) is 29.1 Å². The van der Waals surface area contributed by atoms with Gasteiger partial charge in [-0.25, -0.2) is 4.98 Å². The van der Waals surface area contributed by atoms with E-state index in [2.05, 4.69) is 22.5 Å². The van der Waals surface area contributed by atoms with Crippen molar-refractivity contribution in [2.24, 2.45) is 5.92 Å². The molecule has 0 unspecified atom stereocenters. The Hall–Kier alpha value is -2.93. The van der Waals surface area contributed by atoms with E-state index < -0.39 is 0 Å². The first kappa shape index (κ1) is 19.8. The summed E-state index contributed by atoms with van der Waals surface area (Å²) in [6.07, 6.45) is 1.30. The van der Waals surface area contributed by atoms with Gasteiger partial charge in [-0.3, -0.25) is 4.79 Å². The smallest absolute Gasteiger partial charge is 0.231 e. The molecule has 0 aliphatic rings. The van der Waals surface area contributed by atoms with Gasteiger partial charge in [0.15, 0.2) is 10.7 Å². The lowest BCUT2D eigenvalue weighted by atomic mass is 10.1. The predicted octanol–water partition coefficient (Wildman–Crippen LogP) is 4.62. The van der Waals surface area contributed by atoms with Gasteiger partial charge in [-0.2, -0.15) is 0 Å². The topological polar surface area (TPSA) is 87.4 Å². The molecular weight excluding hydrogens is 374 g/mol. The lowest BCUT2D eigenvalue weighted by molar-refractivity contribution is -0.120. The number of nitrogens with zero attached hydrogens (tertiary/aromatic N) is 1. The maximum Gasteiger partial charge on any atom is 0.231 e. The van der Waals surface area contributed by atoms with Gasteiger partial charge in [0, 0.05) is 12.1 Å². The number of carbonyl (C=O) groups is 1. The first-order valence-corrected chi connectivity index (χ1v) is 9.60. The first-order chi connectivity index (χ1) is 13.4. The number of amides is 1. The van der Waals surface area contributed by atoms with E-state index in [1.54, 1.807) is 12.1 Å². The molecule has 0 atom stereocenters. The van der Waals surface area contributed by atoms with Crippen LogP contribution in [0.4, 0.5) is 5.69 Å². The summed E-state index contributed by atoms with van der Waals surface area (Å²) in [6.45, 7) is 6.00. The summed E-state index contributed by atoms with van der Waals surface area (Å²) >= 11 is 5.19. The van der Waals surface area contributed by atoms with Crippen LogP contribution in [-0.2, 0) is 11.2 Å². The van der Waals surface area contributed by atoms with Gasteiger partial charge in [0.1, 0.15) is 11.3 Å². The summed E-state index contributed by atoms with van der Waals surface area (Å²) in [7, 11) is 0. The number of oxazole rings is 1. The summed E-state index contributed by atoms with van der Waals surface area (Å²) in [6, 6.07) is 10.7. The quantitative estimate of drug-likeness (QED) is 0.430. The number of phenolic OH excluding ortho intramolecular Hbond substituents is 1. The number of thiocarbonyl (C=S) groups is 1. The number of nitrogens with one attached hydrogen (secondary N) is 2. The van der Waals surface area contributed by atoms with E-state index in [0.717, 1.165) is 17.5 Å². The van der Waals surface area contributed by atoms with Crippen LogP contribution in [0.15, 0.2) is 40.8 Å². The Morgan fingerprint density at radius 1 is 1.25 bits per heavy atom. The predicted molar refractivity (Wildman–Crippen MR) is 114 cm³/mol. The third kappa shape index (κ3) is 4.67. The Kier molecular flexibility index (Phi) is 5.94. The van der Waals surface area contributed by atoms with E-state index in [1.165, 1.54) is 6.07 Å². The Bertz CT molecular complexity index is 1030. The zero-order valence-electron chi connectivity index (χ0n) is 16.1. The second-order valence-electron chi connectivity index (χ2n) is 7.01. The molecule has 28 heavy (non-hydrogen) atoms. The fraction of sp³-hybridized carbons (Fsp3) is 0.286. The summed E-state index contributed by atoms with van der Waals surface area (Å²) in [4.78, 5) is 16.3. The highest BCUT2D eigenvalue weighted by atomic mass is 32.1. The number of benzene rings is 2. The van der Waals surface area contributed by atoms with Crippen LogP contribution in [-0.4, -0.2) is 21.1 Å². The molecule has 6 nitrogen and oxygen atoms in total. The molecule has 0 aliphatic heterocycles. The number of fused-ring (bicyclic) bond motifs is 1. The molecule has 0 fully saturated rings. The molecule has 0 aliphatic carbocycles. The summed E-state index contributed by atoms with van der Waals surface area (Å²) in [5.41, 5.74) is 3.61. The second-order valence-corrected chi connectivity index (χ2v) is 7.42. The Balaban J connectivity index is 1.81. The molecule has 2 aromatic carbocycles. The molecule has 1 heterocycles. The third-order valence-corrected chi connectivity index (χ3v) is 4.40. The molecule has 1 aromatic heterocycles. The lowest BCUT2D eigenvalue weighted by Crippen LogP contribution is -2.34. The Morgan fingerprint density at radius 2 is 2.04 bits per heavy atom. The van der Waals surface area contributed by atoms with E-state index in [4.69, 9.17) is 16.6 Å². The third-order valence-electron chi connectivity index (χ3n) is 4.19. The van der Waals surface area contributed by atoms with Crippen molar-refractivity contribution in [3.63, 3.8) is 0 Å². The molecule has 7 heteroatoms. The number of aryl methyl sites for hydroxylation is 1. The average Bonchev–Trinajstić information content (AvgIpc) is 3.05. The molecule has 0 saturated heterocycles. The van der Waals surface area contributed by atoms with Crippen LogP contribution in [0.2, 0.25) is 0 Å². The van der Waals surface area contributed by atoms with Gasteiger partial charge in [0.05, 0.1) is 5.56 Å². The van der Waals surface area contributed by atoms with E-state index in [-0.39, 0.29) is 22.7 Å². The van der Waals surface area contributed by atoms with Crippen LogP contribution in [0.1, 0.15) is 32.8 Å². The van der Waals surface area contributed by atoms with Crippen molar-refractivity contribution < 1.29 is 14.3 Å². The Morgan fingerprint density at radius 3 is 2.75 bits per heavy atom. The highest BCUT2D eigenvalue weighted by Gasteiger charge is 2.14. The normalized spacial score (nSPS) is 11.0. The minimum atomic E-state index is -0.141. The molecular formula is C21H23N3O3S. The van der Waals surface area contributed by atoms with E-state index >= 15 is 0 Å². The van der Waals surface area contributed by atoms with Crippen LogP contribution in [0.3, 0.4) is 0 Å². The fourth-order valence-corrected chi connectivity index (χ4v) is 3.04. The number of aromatic nitrogens is 1. The van der Waals surface area contributed by atoms with Crippen LogP contribution in [0, 0.1) is 5.92 Å². The average molecular weight is 398 g/mol. The number of aromatic hydroxyl groups is 1. The van der Waals surface area contributed by atoms with Crippen LogP contribution in [0.25, 0.3) is 22.6 Å². The SMILES string of the molecule is CCc1ccc2oc(-c3cc(NC(=S)NC(=O)CC(C)C)ccc3O)nc2c1. The minimum absolute atomic E-state index is 0.0441. The lowest BCUT2D eigenvalue weighted by Gasteiger charge is -2.11. The number of hydrogen-bond donors (Lipinski definition) is 3. The zero-order valence-corrected chi connectivity index (χ0v) is 16.9. The first-order valence-electron chi connectivity index (χ1n) is 9.19. The number of carbonyl (C=O) groups excluding carboxylic acids is 1. The summed E-state index contributed by atoms with van der Waals surface area (Å²) < 4.78 is 5.80. The second kappa shape index (κ2) is 8.39. The van der Waals surface area contributed by atoms with Gasteiger partial charge in [0.25, 0.3) is 0 Å². The van der Waals surface area contributed by atoms with Crippen molar-refractivity contribution in [1.29, 1.82) is 0 Å². The molecule has 3 aromatic rings. The molecule has 0 spiro atoms. The van der Waals surface area contributed by atoms with Crippen LogP contribution < -0.4 is 10.6 Å². The van der Waals surface area contributed by atoms with Gasteiger partial charge in [0.2, 0.25) is 11.8 Å². The zero-order chi connectivity index (χ0) is 20.3. The monoisotopic (exact) mass is 397 g/mol. The summed E-state index contributed by atoms with van der Waals surface area (Å²) in [5.74, 6) is 0.467. The maximum atomic E-state index is 11.8. The number of anilines is 1. The van der Waals surface area contributed by atoms with Crippen LogP contribution >= 0.6 is 12.2 Å². The molecule has 0 saturated carbocycles. The Labute approximate surface area is 169 Å². The van der Waals surface area contributed by atoms with Crippen molar-refractivity contribution in [2.75, 3.05) is 5.32 Å². The van der Waals surface area contributed by atoms with Gasteiger partial charge in [-0.1, -0.05) is 26.8 Å². The van der Waals surface area contributed by atoms with Crippen molar-refractivity contribution in [3.05, 3.63) is 42.0 Å². The standard InChI is InChI=1S/C21H23N3O3S/c1-4-13-5-8-18-16(10-13)23-20(27-18)15-11-14(6-7-17(15)25)22-21(28)24-19(26)9-12(2)3/h5-8,10-12,25H,4,9H2,1-3H3,(H2,22,24,26,28). The maximum absolute atomic E-state index is 11.8. The van der Waals surface area contributed by atoms with Crippen molar-refractivity contribution in [3.8, 4) is 17.2 Å². The molecule has 3 rings (SSSR count). The van der Waals surface area contributed by atoms with Gasteiger partial charge in [-0.05, 0) is 60.5 Å². The molecule has 0 radical (unpaired) electrons. The fourth-order valence-electron chi connectivity index (χ4n) is 2.80. The summed E-state index contributed by atoms with van der Waals surface area (Å²) in [5, 5.41) is 16.1. The molecule has 1 amide bonds. The highest BCUT2D eigenvalue weighted by molar-refractivity contribution is 7.80. The van der Waals surface area contributed by atoms with Crippen LogP contribution in [0.5, 0.6) is 5.75 Å². The van der Waals surface area contributed by atoms with Crippen molar-refractivity contribution in [2.45, 2.75) is 33.6 Å². The van der Waals surface area contributed by atoms with Crippen molar-refractivity contribution in [1.82, 2.24) is 10.3 Å². The van der Waals surface area contributed by atoms with Gasteiger partial charge < -0.3 is 20.2 Å². The van der Waals surface area contributed by atoms with E-state index in [1.807, 2.05) is 32.0 Å². The molecule has 146 valence electrons.